The highest BCUT2D eigenvalue weighted by molar-refractivity contribution is 4.66. The van der Waals surface area contributed by atoms with Gasteiger partial charge in [-0.2, -0.15) is 0 Å². The normalized spacial score (nSPS) is 11.6. The second kappa shape index (κ2) is 22.0. The first-order valence-electron chi connectivity index (χ1n) is 14.8. The number of rotatable bonds is 24. The van der Waals surface area contributed by atoms with Crippen LogP contribution in [0.5, 0.6) is 0 Å². The lowest BCUT2D eigenvalue weighted by Gasteiger charge is -2.04. The molecular formula is C30H59N2+. The number of unbranched alkanes of at least 4 members (excludes halogenated alkanes) is 18. The topological polar surface area (TPSA) is 8.81 Å². The fourth-order valence-corrected chi connectivity index (χ4v) is 4.75. The zero-order valence-corrected chi connectivity index (χ0v) is 22.5. The van der Waals surface area contributed by atoms with E-state index in [1.807, 2.05) is 0 Å². The van der Waals surface area contributed by atoms with Gasteiger partial charge >= 0.3 is 0 Å². The number of hydrogen-bond donors (Lipinski definition) is 0. The summed E-state index contributed by atoms with van der Waals surface area (Å²) in [5.74, 6) is 0.881. The van der Waals surface area contributed by atoms with Gasteiger partial charge < -0.3 is 0 Å². The van der Waals surface area contributed by atoms with Gasteiger partial charge in [-0.3, -0.25) is 0 Å². The van der Waals surface area contributed by atoms with Crippen LogP contribution in [0.3, 0.4) is 0 Å². The molecule has 0 radical (unpaired) electrons. The SMILES string of the molecule is CCCCCCCCCCCCCCn1cc[n+](CCCCCCCCCCC(C)C)c1. The van der Waals surface area contributed by atoms with Crippen LogP contribution in [0.4, 0.5) is 0 Å². The standard InChI is InChI=1S/C30H59N2/c1-4-5-6-7-8-9-10-11-13-16-19-22-25-31-27-28-32(29-31)26-23-20-17-14-12-15-18-21-24-30(2)3/h27-30H,4-26H2,1-3H3/q+1. The summed E-state index contributed by atoms with van der Waals surface area (Å²) in [4.78, 5) is 0. The first kappa shape index (κ1) is 29.2. The van der Waals surface area contributed by atoms with Gasteiger partial charge in [0.15, 0.2) is 0 Å². The first-order valence-corrected chi connectivity index (χ1v) is 14.8. The third-order valence-corrected chi connectivity index (χ3v) is 6.96. The average Bonchev–Trinajstić information content (AvgIpc) is 3.23. The quantitative estimate of drug-likeness (QED) is 0.110. The van der Waals surface area contributed by atoms with Gasteiger partial charge in [-0.1, -0.05) is 130 Å². The molecule has 0 N–H and O–H groups in total. The van der Waals surface area contributed by atoms with Crippen LogP contribution in [0.2, 0.25) is 0 Å². The molecule has 0 atom stereocenters. The van der Waals surface area contributed by atoms with Crippen molar-refractivity contribution in [2.75, 3.05) is 0 Å². The third kappa shape index (κ3) is 18.8. The molecule has 1 aromatic heterocycles. The third-order valence-electron chi connectivity index (χ3n) is 6.96. The number of aromatic nitrogens is 2. The van der Waals surface area contributed by atoms with Crippen molar-refractivity contribution in [3.8, 4) is 0 Å². The van der Waals surface area contributed by atoms with E-state index in [2.05, 4.69) is 48.6 Å². The summed E-state index contributed by atoms with van der Waals surface area (Å²) < 4.78 is 4.79. The Balaban J connectivity index is 1.86. The van der Waals surface area contributed by atoms with Gasteiger partial charge in [-0.25, -0.2) is 9.13 Å². The van der Waals surface area contributed by atoms with Crippen LogP contribution in [0.15, 0.2) is 18.7 Å². The summed E-state index contributed by atoms with van der Waals surface area (Å²) in [5, 5.41) is 0. The van der Waals surface area contributed by atoms with E-state index in [-0.39, 0.29) is 0 Å². The molecule has 0 aromatic carbocycles. The van der Waals surface area contributed by atoms with Crippen LogP contribution in [0.1, 0.15) is 156 Å². The van der Waals surface area contributed by atoms with Gasteiger partial charge in [-0.05, 0) is 31.6 Å². The molecule has 0 aliphatic carbocycles. The summed E-state index contributed by atoms with van der Waals surface area (Å²) in [6, 6.07) is 0. The second-order valence-corrected chi connectivity index (χ2v) is 10.8. The van der Waals surface area contributed by atoms with Crippen LogP contribution >= 0.6 is 0 Å². The lowest BCUT2D eigenvalue weighted by atomic mass is 10.0. The summed E-state index contributed by atoms with van der Waals surface area (Å²) in [6.07, 6.45) is 36.8. The molecule has 0 saturated heterocycles. The molecular weight excluding hydrogens is 388 g/mol. The number of hydrogen-bond acceptors (Lipinski definition) is 0. The van der Waals surface area contributed by atoms with E-state index >= 15 is 0 Å². The molecule has 0 aliphatic rings. The maximum atomic E-state index is 2.40. The van der Waals surface area contributed by atoms with Crippen molar-refractivity contribution in [2.45, 2.75) is 169 Å². The number of imidazole rings is 1. The van der Waals surface area contributed by atoms with E-state index in [4.69, 9.17) is 0 Å². The number of aryl methyl sites for hydroxylation is 2. The van der Waals surface area contributed by atoms with Crippen molar-refractivity contribution < 1.29 is 4.57 Å². The smallest absolute Gasteiger partial charge is 0.237 e. The molecule has 0 amide bonds. The van der Waals surface area contributed by atoms with Crippen LogP contribution in [-0.4, -0.2) is 4.57 Å². The minimum atomic E-state index is 0.881. The zero-order valence-electron chi connectivity index (χ0n) is 22.5. The van der Waals surface area contributed by atoms with Crippen molar-refractivity contribution >= 4 is 0 Å². The fraction of sp³-hybridized carbons (Fsp3) is 0.900. The van der Waals surface area contributed by atoms with E-state index in [0.29, 0.717) is 0 Å². The molecule has 32 heavy (non-hydrogen) atoms. The van der Waals surface area contributed by atoms with Crippen LogP contribution < -0.4 is 4.57 Å². The lowest BCUT2D eigenvalue weighted by Crippen LogP contribution is -2.30. The molecule has 2 heteroatoms. The molecule has 0 aliphatic heterocycles. The highest BCUT2D eigenvalue weighted by atomic mass is 15.1. The molecule has 0 saturated carbocycles. The van der Waals surface area contributed by atoms with Crippen LogP contribution in [0, 0.1) is 5.92 Å². The monoisotopic (exact) mass is 447 g/mol. The Morgan fingerprint density at radius 2 is 1.06 bits per heavy atom. The molecule has 2 nitrogen and oxygen atoms in total. The van der Waals surface area contributed by atoms with Crippen molar-refractivity contribution in [3.63, 3.8) is 0 Å². The molecule has 0 spiro atoms. The highest BCUT2D eigenvalue weighted by Crippen LogP contribution is 2.13. The zero-order chi connectivity index (χ0) is 23.1. The lowest BCUT2D eigenvalue weighted by molar-refractivity contribution is -0.696. The van der Waals surface area contributed by atoms with E-state index in [9.17, 15) is 0 Å². The van der Waals surface area contributed by atoms with Crippen molar-refractivity contribution in [1.82, 2.24) is 4.57 Å². The number of nitrogens with zero attached hydrogens (tertiary/aromatic N) is 2. The van der Waals surface area contributed by atoms with E-state index in [1.165, 1.54) is 148 Å². The minimum Gasteiger partial charge on any atom is -0.237 e. The molecule has 1 aromatic rings. The fourth-order valence-electron chi connectivity index (χ4n) is 4.75. The molecule has 1 heterocycles. The maximum absolute atomic E-state index is 2.40. The van der Waals surface area contributed by atoms with Gasteiger partial charge in [-0.15, -0.1) is 0 Å². The van der Waals surface area contributed by atoms with Gasteiger partial charge in [0.1, 0.15) is 12.4 Å². The van der Waals surface area contributed by atoms with E-state index < -0.39 is 0 Å². The van der Waals surface area contributed by atoms with Gasteiger partial charge in [0.2, 0.25) is 6.33 Å². The Morgan fingerprint density at radius 1 is 0.594 bits per heavy atom. The van der Waals surface area contributed by atoms with Crippen molar-refractivity contribution in [3.05, 3.63) is 18.7 Å². The first-order chi connectivity index (χ1) is 15.7. The summed E-state index contributed by atoms with van der Waals surface area (Å²) in [5.41, 5.74) is 0. The van der Waals surface area contributed by atoms with E-state index in [0.717, 1.165) is 5.92 Å². The van der Waals surface area contributed by atoms with E-state index in [1.54, 1.807) is 0 Å². The Bertz CT molecular complexity index is 491. The predicted octanol–water partition coefficient (Wildman–Crippen LogP) is 9.64. The maximum Gasteiger partial charge on any atom is 0.243 e. The molecule has 0 fully saturated rings. The highest BCUT2D eigenvalue weighted by Gasteiger charge is 2.03. The Morgan fingerprint density at radius 3 is 1.59 bits per heavy atom. The largest absolute Gasteiger partial charge is 0.243 e. The average molecular weight is 448 g/mol. The molecule has 1 rings (SSSR count). The Hall–Kier alpha value is -0.790. The van der Waals surface area contributed by atoms with Gasteiger partial charge in [0, 0.05) is 0 Å². The Labute approximate surface area is 202 Å². The predicted molar refractivity (Wildman–Crippen MR) is 142 cm³/mol. The van der Waals surface area contributed by atoms with Gasteiger partial charge in [0.25, 0.3) is 0 Å². The summed E-state index contributed by atoms with van der Waals surface area (Å²) >= 11 is 0. The van der Waals surface area contributed by atoms with Gasteiger partial charge in [0.05, 0.1) is 13.1 Å². The van der Waals surface area contributed by atoms with Crippen molar-refractivity contribution in [2.24, 2.45) is 5.92 Å². The molecule has 188 valence electrons. The summed E-state index contributed by atoms with van der Waals surface area (Å²) in [7, 11) is 0. The van der Waals surface area contributed by atoms with Crippen LogP contribution in [0.25, 0.3) is 0 Å². The van der Waals surface area contributed by atoms with Crippen LogP contribution in [-0.2, 0) is 13.1 Å². The minimum absolute atomic E-state index is 0.881. The Kier molecular flexibility index (Phi) is 20.1. The summed E-state index contributed by atoms with van der Waals surface area (Å²) in [6.45, 7) is 9.37. The van der Waals surface area contributed by atoms with Crippen molar-refractivity contribution in [1.29, 1.82) is 0 Å². The molecule has 0 unspecified atom stereocenters. The molecule has 0 bridgehead atoms. The second-order valence-electron chi connectivity index (χ2n) is 10.8.